The van der Waals surface area contributed by atoms with E-state index in [0.29, 0.717) is 6.54 Å². The van der Waals surface area contributed by atoms with Crippen LogP contribution in [0.25, 0.3) is 0 Å². The van der Waals surface area contributed by atoms with Gasteiger partial charge < -0.3 is 5.73 Å². The molecule has 1 aliphatic heterocycles. The van der Waals surface area contributed by atoms with Crippen LogP contribution in [0.15, 0.2) is 23.1 Å². The molecule has 1 fully saturated rings. The van der Waals surface area contributed by atoms with Crippen LogP contribution in [0.3, 0.4) is 0 Å². The Balaban J connectivity index is 2.38. The number of piperidine rings is 1. The van der Waals surface area contributed by atoms with E-state index in [1.54, 1.807) is 4.31 Å². The van der Waals surface area contributed by atoms with Crippen LogP contribution in [-0.2, 0) is 16.6 Å². The monoisotopic (exact) mass is 300 g/mol. The van der Waals surface area contributed by atoms with E-state index in [1.165, 1.54) is 18.2 Å². The highest BCUT2D eigenvalue weighted by molar-refractivity contribution is 7.89. The number of hydrogen-bond acceptors (Lipinski definition) is 3. The van der Waals surface area contributed by atoms with Gasteiger partial charge in [0.05, 0.1) is 4.90 Å². The summed E-state index contributed by atoms with van der Waals surface area (Å²) in [5.74, 6) is -0.461. The molecule has 1 atom stereocenters. The quantitative estimate of drug-likeness (QED) is 0.927. The molecule has 0 aromatic heterocycles. The van der Waals surface area contributed by atoms with Crippen molar-refractivity contribution in [2.75, 3.05) is 6.54 Å². The fourth-order valence-electron chi connectivity index (χ4n) is 2.70. The second-order valence-corrected chi connectivity index (χ2v) is 7.02. The van der Waals surface area contributed by atoms with Crippen LogP contribution < -0.4 is 5.73 Å². The molecule has 1 aromatic rings. The Morgan fingerprint density at radius 3 is 2.80 bits per heavy atom. The Hall–Kier alpha value is -0.980. The number of halogens is 1. The van der Waals surface area contributed by atoms with Crippen LogP contribution in [0.2, 0.25) is 0 Å². The Morgan fingerprint density at radius 2 is 2.15 bits per heavy atom. The molecule has 2 rings (SSSR count). The predicted octanol–water partition coefficient (Wildman–Crippen LogP) is 2.24. The van der Waals surface area contributed by atoms with Crippen molar-refractivity contribution in [2.24, 2.45) is 5.73 Å². The summed E-state index contributed by atoms with van der Waals surface area (Å²) in [7, 11) is -3.56. The van der Waals surface area contributed by atoms with Gasteiger partial charge in [0.1, 0.15) is 5.82 Å². The molecule has 0 aliphatic carbocycles. The van der Waals surface area contributed by atoms with Crippen molar-refractivity contribution in [3.63, 3.8) is 0 Å². The van der Waals surface area contributed by atoms with Crippen molar-refractivity contribution >= 4 is 10.0 Å². The van der Waals surface area contributed by atoms with E-state index in [0.717, 1.165) is 25.7 Å². The molecule has 1 unspecified atom stereocenters. The van der Waals surface area contributed by atoms with Crippen molar-refractivity contribution in [1.29, 1.82) is 0 Å². The third-order valence-electron chi connectivity index (χ3n) is 3.89. The molecule has 20 heavy (non-hydrogen) atoms. The zero-order chi connectivity index (χ0) is 14.8. The lowest BCUT2D eigenvalue weighted by Crippen LogP contribution is -2.43. The Kier molecular flexibility index (Phi) is 4.78. The van der Waals surface area contributed by atoms with Crippen LogP contribution in [0.4, 0.5) is 4.39 Å². The summed E-state index contributed by atoms with van der Waals surface area (Å²) in [5.41, 5.74) is 5.68. The first-order chi connectivity index (χ1) is 9.50. The van der Waals surface area contributed by atoms with Crippen molar-refractivity contribution in [1.82, 2.24) is 4.31 Å². The maximum atomic E-state index is 13.5. The largest absolute Gasteiger partial charge is 0.326 e. The normalized spacial score (nSPS) is 21.1. The lowest BCUT2D eigenvalue weighted by Gasteiger charge is -2.34. The van der Waals surface area contributed by atoms with Crippen molar-refractivity contribution in [3.05, 3.63) is 29.6 Å². The van der Waals surface area contributed by atoms with E-state index in [4.69, 9.17) is 5.73 Å². The Morgan fingerprint density at radius 1 is 1.40 bits per heavy atom. The van der Waals surface area contributed by atoms with Crippen molar-refractivity contribution in [3.8, 4) is 0 Å². The molecule has 112 valence electrons. The highest BCUT2D eigenvalue weighted by Crippen LogP contribution is 2.27. The topological polar surface area (TPSA) is 63.4 Å². The lowest BCUT2D eigenvalue weighted by molar-refractivity contribution is 0.246. The van der Waals surface area contributed by atoms with Gasteiger partial charge in [-0.25, -0.2) is 12.8 Å². The number of nitrogens with two attached hydrogens (primary N) is 1. The van der Waals surface area contributed by atoms with Crippen LogP contribution in [-0.4, -0.2) is 25.3 Å². The zero-order valence-corrected chi connectivity index (χ0v) is 12.5. The summed E-state index contributed by atoms with van der Waals surface area (Å²) >= 11 is 0. The van der Waals surface area contributed by atoms with Gasteiger partial charge in [0.2, 0.25) is 10.0 Å². The van der Waals surface area contributed by atoms with Gasteiger partial charge in [-0.05, 0) is 37.5 Å². The van der Waals surface area contributed by atoms with Gasteiger partial charge >= 0.3 is 0 Å². The summed E-state index contributed by atoms with van der Waals surface area (Å²) < 4.78 is 40.4. The summed E-state index contributed by atoms with van der Waals surface area (Å²) in [6.45, 7) is 2.52. The molecule has 4 nitrogen and oxygen atoms in total. The molecule has 1 saturated heterocycles. The second-order valence-electron chi connectivity index (χ2n) is 5.13. The third kappa shape index (κ3) is 2.87. The predicted molar refractivity (Wildman–Crippen MR) is 76.1 cm³/mol. The lowest BCUT2D eigenvalue weighted by atomic mass is 10.0. The van der Waals surface area contributed by atoms with Crippen molar-refractivity contribution in [2.45, 2.75) is 50.1 Å². The fourth-order valence-corrected chi connectivity index (χ4v) is 4.52. The molecule has 0 radical (unpaired) electrons. The van der Waals surface area contributed by atoms with Gasteiger partial charge in [0.15, 0.2) is 0 Å². The van der Waals surface area contributed by atoms with Gasteiger partial charge in [-0.3, -0.25) is 0 Å². The first-order valence-electron chi connectivity index (χ1n) is 7.01. The molecule has 0 amide bonds. The van der Waals surface area contributed by atoms with Gasteiger partial charge in [0, 0.05) is 24.7 Å². The number of nitrogens with zero attached hydrogens (tertiary/aromatic N) is 1. The number of rotatable bonds is 4. The molecule has 2 N–H and O–H groups in total. The van der Waals surface area contributed by atoms with E-state index in [1.807, 2.05) is 6.92 Å². The fraction of sp³-hybridized carbons (Fsp3) is 0.571. The smallest absolute Gasteiger partial charge is 0.243 e. The van der Waals surface area contributed by atoms with Crippen LogP contribution in [0.5, 0.6) is 0 Å². The molecule has 1 aromatic carbocycles. The van der Waals surface area contributed by atoms with E-state index >= 15 is 0 Å². The minimum absolute atomic E-state index is 0.00754. The molecule has 0 bridgehead atoms. The number of sulfonamides is 1. The zero-order valence-electron chi connectivity index (χ0n) is 11.7. The molecular formula is C14H21FN2O2S. The van der Waals surface area contributed by atoms with Crippen molar-refractivity contribution < 1.29 is 12.8 Å². The van der Waals surface area contributed by atoms with E-state index in [9.17, 15) is 12.8 Å². The second kappa shape index (κ2) is 6.20. The first kappa shape index (κ1) is 15.4. The summed E-state index contributed by atoms with van der Waals surface area (Å²) in [6.07, 6.45) is 3.62. The average molecular weight is 300 g/mol. The highest BCUT2D eigenvalue weighted by Gasteiger charge is 2.32. The van der Waals surface area contributed by atoms with Gasteiger partial charge in [-0.1, -0.05) is 13.3 Å². The summed E-state index contributed by atoms with van der Waals surface area (Å²) in [4.78, 5) is 0.139. The van der Waals surface area contributed by atoms with Crippen LogP contribution in [0.1, 0.15) is 38.2 Å². The van der Waals surface area contributed by atoms with E-state index in [2.05, 4.69) is 0 Å². The molecular weight excluding hydrogens is 279 g/mol. The highest BCUT2D eigenvalue weighted by atomic mass is 32.2. The maximum Gasteiger partial charge on any atom is 0.243 e. The first-order valence-corrected chi connectivity index (χ1v) is 8.45. The van der Waals surface area contributed by atoms with Gasteiger partial charge in [-0.15, -0.1) is 0 Å². The van der Waals surface area contributed by atoms with Gasteiger partial charge in [-0.2, -0.15) is 4.31 Å². The molecule has 6 heteroatoms. The van der Waals surface area contributed by atoms with Gasteiger partial charge in [0.25, 0.3) is 0 Å². The molecule has 1 aliphatic rings. The standard InChI is InChI=1S/C14H21FN2O2S/c1-2-12-5-3-4-8-17(12)20(18,19)13-6-7-14(15)11(9-13)10-16/h6-7,9,12H,2-5,8,10,16H2,1H3. The summed E-state index contributed by atoms with van der Waals surface area (Å²) in [6, 6.07) is 3.90. The third-order valence-corrected chi connectivity index (χ3v) is 5.84. The summed E-state index contributed by atoms with van der Waals surface area (Å²) in [5, 5.41) is 0. The average Bonchev–Trinajstić information content (AvgIpc) is 2.47. The van der Waals surface area contributed by atoms with E-state index in [-0.39, 0.29) is 23.0 Å². The maximum absolute atomic E-state index is 13.5. The number of benzene rings is 1. The number of hydrogen-bond donors (Lipinski definition) is 1. The molecule has 1 heterocycles. The SMILES string of the molecule is CCC1CCCCN1S(=O)(=O)c1ccc(F)c(CN)c1. The van der Waals surface area contributed by atoms with E-state index < -0.39 is 15.8 Å². The minimum atomic E-state index is -3.56. The minimum Gasteiger partial charge on any atom is -0.326 e. The molecule has 0 spiro atoms. The molecule has 0 saturated carbocycles. The Bertz CT molecular complexity index is 575. The van der Waals surface area contributed by atoms with Crippen LogP contribution >= 0.6 is 0 Å². The van der Waals surface area contributed by atoms with Crippen LogP contribution in [0, 0.1) is 5.82 Å². The Labute approximate surface area is 119 Å².